The topological polar surface area (TPSA) is 132 Å². The summed E-state index contributed by atoms with van der Waals surface area (Å²) in [7, 11) is -3.91. The van der Waals surface area contributed by atoms with E-state index in [2.05, 4.69) is 19.9 Å². The Bertz CT molecular complexity index is 1400. The highest BCUT2D eigenvalue weighted by atomic mass is 32.2. The minimum absolute atomic E-state index is 0.131. The molecule has 2 N–H and O–H groups in total. The van der Waals surface area contributed by atoms with Crippen LogP contribution in [0.5, 0.6) is 0 Å². The van der Waals surface area contributed by atoms with Gasteiger partial charge in [0, 0.05) is 6.20 Å². The molecular formula is C19H16N8O2S. The molecule has 1 aromatic carbocycles. The monoisotopic (exact) mass is 420 g/mol. The summed E-state index contributed by atoms with van der Waals surface area (Å²) in [4.78, 5) is 21.4. The van der Waals surface area contributed by atoms with E-state index >= 15 is 0 Å². The van der Waals surface area contributed by atoms with Crippen molar-refractivity contribution >= 4 is 44.2 Å². The Balaban J connectivity index is 1.75. The van der Waals surface area contributed by atoms with Gasteiger partial charge < -0.3 is 10.3 Å². The summed E-state index contributed by atoms with van der Waals surface area (Å²) in [5.41, 5.74) is 7.59. The standard InChI is InChI=1S/C19H16N8O2S/c1-12(26-11-24-16-17(20)22-10-23-19(16)26)18-25-14-6-2-3-7-15(14)30(28,29)27(18)13-5-4-8-21-9-13/h2-12H,1H3,(H2,20,22,23). The van der Waals surface area contributed by atoms with E-state index in [4.69, 9.17) is 10.7 Å². The lowest BCUT2D eigenvalue weighted by Crippen LogP contribution is -2.43. The molecule has 0 aliphatic carbocycles. The molecular weight excluding hydrogens is 404 g/mol. The average molecular weight is 420 g/mol. The predicted octanol–water partition coefficient (Wildman–Crippen LogP) is 2.30. The van der Waals surface area contributed by atoms with Crippen molar-refractivity contribution in [1.82, 2.24) is 24.5 Å². The summed E-state index contributed by atoms with van der Waals surface area (Å²) in [6.07, 6.45) is 5.96. The van der Waals surface area contributed by atoms with Gasteiger partial charge >= 0.3 is 0 Å². The Kier molecular flexibility index (Phi) is 4.00. The van der Waals surface area contributed by atoms with Crippen molar-refractivity contribution in [3.63, 3.8) is 0 Å². The van der Waals surface area contributed by atoms with Crippen LogP contribution in [0.3, 0.4) is 0 Å². The van der Waals surface area contributed by atoms with Crippen LogP contribution in [0.15, 0.2) is 71.3 Å². The molecule has 1 aliphatic rings. The van der Waals surface area contributed by atoms with Gasteiger partial charge in [-0.3, -0.25) is 4.98 Å². The Morgan fingerprint density at radius 3 is 2.70 bits per heavy atom. The average Bonchev–Trinajstić information content (AvgIpc) is 3.19. The molecule has 5 rings (SSSR count). The normalized spacial score (nSPS) is 16.2. The third-order valence-electron chi connectivity index (χ3n) is 4.89. The van der Waals surface area contributed by atoms with Crippen molar-refractivity contribution in [2.45, 2.75) is 17.9 Å². The van der Waals surface area contributed by atoms with Crippen molar-refractivity contribution in [3.8, 4) is 0 Å². The Morgan fingerprint density at radius 2 is 1.90 bits per heavy atom. The molecule has 3 aromatic heterocycles. The Morgan fingerprint density at radius 1 is 1.07 bits per heavy atom. The minimum Gasteiger partial charge on any atom is -0.382 e. The number of para-hydroxylation sites is 1. The lowest BCUT2D eigenvalue weighted by Gasteiger charge is -2.32. The van der Waals surface area contributed by atoms with Crippen LogP contribution in [-0.4, -0.2) is 38.8 Å². The van der Waals surface area contributed by atoms with E-state index in [-0.39, 0.29) is 16.5 Å². The molecule has 1 aliphatic heterocycles. The van der Waals surface area contributed by atoms with Crippen molar-refractivity contribution < 1.29 is 8.42 Å². The van der Waals surface area contributed by atoms with Crippen LogP contribution < -0.4 is 10.0 Å². The van der Waals surface area contributed by atoms with Crippen molar-refractivity contribution in [2.75, 3.05) is 10.0 Å². The fourth-order valence-corrected chi connectivity index (χ4v) is 5.09. The zero-order chi connectivity index (χ0) is 20.9. The number of sulfonamides is 1. The number of aromatic nitrogens is 5. The molecule has 0 amide bonds. The first-order valence-electron chi connectivity index (χ1n) is 9.04. The molecule has 150 valence electrons. The summed E-state index contributed by atoms with van der Waals surface area (Å²) in [5.74, 6) is 0.539. The SMILES string of the molecule is CC(C1=Nc2ccccc2S(=O)(=O)N1c1cccnc1)n1cnc2c(N)ncnc21. The first kappa shape index (κ1) is 18.2. The van der Waals surface area contributed by atoms with Gasteiger partial charge in [-0.25, -0.2) is 32.7 Å². The number of aliphatic imine (C=N–C) groups is 1. The molecule has 30 heavy (non-hydrogen) atoms. The quantitative estimate of drug-likeness (QED) is 0.538. The van der Waals surface area contributed by atoms with Crippen molar-refractivity contribution in [1.29, 1.82) is 0 Å². The summed E-state index contributed by atoms with van der Waals surface area (Å²) < 4.78 is 30.0. The lowest BCUT2D eigenvalue weighted by molar-refractivity contribution is 0.593. The van der Waals surface area contributed by atoms with E-state index in [1.165, 1.54) is 16.8 Å². The van der Waals surface area contributed by atoms with Gasteiger partial charge in [0.1, 0.15) is 22.6 Å². The molecule has 0 saturated heterocycles. The number of nitrogens with zero attached hydrogens (tertiary/aromatic N) is 7. The maximum absolute atomic E-state index is 13.6. The van der Waals surface area contributed by atoms with E-state index < -0.39 is 16.1 Å². The summed E-state index contributed by atoms with van der Waals surface area (Å²) in [5, 5.41) is 0. The summed E-state index contributed by atoms with van der Waals surface area (Å²) >= 11 is 0. The molecule has 0 spiro atoms. The molecule has 0 saturated carbocycles. The summed E-state index contributed by atoms with van der Waals surface area (Å²) in [6.45, 7) is 1.82. The highest BCUT2D eigenvalue weighted by Crippen LogP contribution is 2.37. The molecule has 1 unspecified atom stereocenters. The molecule has 1 atom stereocenters. The zero-order valence-corrected chi connectivity index (χ0v) is 16.6. The van der Waals surface area contributed by atoms with Crippen LogP contribution in [0.25, 0.3) is 11.2 Å². The number of hydrogen-bond donors (Lipinski definition) is 1. The number of imidazole rings is 1. The molecule has 0 bridgehead atoms. The van der Waals surface area contributed by atoms with Crippen LogP contribution in [0.2, 0.25) is 0 Å². The number of nitrogens with two attached hydrogens (primary N) is 1. The van der Waals surface area contributed by atoms with Gasteiger partial charge in [-0.2, -0.15) is 0 Å². The third kappa shape index (κ3) is 2.63. The minimum atomic E-state index is -3.91. The van der Waals surface area contributed by atoms with Gasteiger partial charge in [0.2, 0.25) is 0 Å². The largest absolute Gasteiger partial charge is 0.382 e. The maximum Gasteiger partial charge on any atom is 0.271 e. The molecule has 11 heteroatoms. The van der Waals surface area contributed by atoms with Gasteiger partial charge in [-0.1, -0.05) is 12.1 Å². The van der Waals surface area contributed by atoms with Gasteiger partial charge in [-0.15, -0.1) is 0 Å². The predicted molar refractivity (Wildman–Crippen MR) is 112 cm³/mol. The lowest BCUT2D eigenvalue weighted by atomic mass is 10.2. The van der Waals surface area contributed by atoms with Gasteiger partial charge in [0.25, 0.3) is 10.0 Å². The molecule has 10 nitrogen and oxygen atoms in total. The second-order valence-corrected chi connectivity index (χ2v) is 8.43. The number of rotatable bonds is 3. The van der Waals surface area contributed by atoms with Crippen LogP contribution >= 0.6 is 0 Å². The Hall–Kier alpha value is -3.86. The Labute approximate surface area is 171 Å². The van der Waals surface area contributed by atoms with Gasteiger partial charge in [0.05, 0.1) is 29.9 Å². The number of benzene rings is 1. The second kappa shape index (κ2) is 6.59. The van der Waals surface area contributed by atoms with Gasteiger partial charge in [-0.05, 0) is 31.2 Å². The molecule has 0 radical (unpaired) electrons. The molecule has 4 aromatic rings. The third-order valence-corrected chi connectivity index (χ3v) is 6.66. The molecule has 0 fully saturated rings. The number of amidine groups is 1. The second-order valence-electron chi connectivity index (χ2n) is 6.68. The number of hydrogen-bond acceptors (Lipinski definition) is 8. The van der Waals surface area contributed by atoms with E-state index in [1.54, 1.807) is 53.5 Å². The van der Waals surface area contributed by atoms with E-state index in [9.17, 15) is 8.42 Å². The fourth-order valence-electron chi connectivity index (χ4n) is 3.44. The highest BCUT2D eigenvalue weighted by Gasteiger charge is 2.38. The van der Waals surface area contributed by atoms with Crippen molar-refractivity contribution in [3.05, 3.63) is 61.4 Å². The van der Waals surface area contributed by atoms with E-state index in [0.29, 0.717) is 22.5 Å². The summed E-state index contributed by atoms with van der Waals surface area (Å²) in [6, 6.07) is 9.45. The first-order chi connectivity index (χ1) is 14.5. The number of fused-ring (bicyclic) bond motifs is 2. The number of pyridine rings is 1. The fraction of sp³-hybridized carbons (Fsp3) is 0.105. The van der Waals surface area contributed by atoms with Crippen molar-refractivity contribution in [2.24, 2.45) is 4.99 Å². The highest BCUT2D eigenvalue weighted by molar-refractivity contribution is 7.93. The number of anilines is 2. The van der Waals surface area contributed by atoms with Crippen LogP contribution in [-0.2, 0) is 10.0 Å². The van der Waals surface area contributed by atoms with E-state index in [0.717, 1.165) is 0 Å². The van der Waals surface area contributed by atoms with Gasteiger partial charge in [0.15, 0.2) is 11.5 Å². The maximum atomic E-state index is 13.6. The first-order valence-corrected chi connectivity index (χ1v) is 10.5. The van der Waals surface area contributed by atoms with Crippen LogP contribution in [0, 0.1) is 0 Å². The van der Waals surface area contributed by atoms with Crippen LogP contribution in [0.4, 0.5) is 17.2 Å². The van der Waals surface area contributed by atoms with E-state index in [1.807, 2.05) is 6.92 Å². The number of nitrogen functional groups attached to an aromatic ring is 1. The zero-order valence-electron chi connectivity index (χ0n) is 15.8. The van der Waals surface area contributed by atoms with Crippen LogP contribution in [0.1, 0.15) is 13.0 Å². The molecule has 4 heterocycles. The smallest absolute Gasteiger partial charge is 0.271 e.